The second kappa shape index (κ2) is 41.4. The first-order valence-electron chi connectivity index (χ1n) is 34.1. The summed E-state index contributed by atoms with van der Waals surface area (Å²) in [6, 6.07) is 59.0. The average Bonchev–Trinajstić information content (AvgIpc) is 0.776. The monoisotopic (exact) mass is 1420 g/mol. The number of aliphatic hydroxyl groups is 1. The van der Waals surface area contributed by atoms with Gasteiger partial charge in [-0.05, 0) is 111 Å². The molecule has 0 aromatic heterocycles. The maximum Gasteiger partial charge on any atom is 0.336 e. The molecule has 9 rings (SSSR count). The zero-order chi connectivity index (χ0) is 74.8. The fourth-order valence-electron chi connectivity index (χ4n) is 13.3. The van der Waals surface area contributed by atoms with Gasteiger partial charge in [0, 0.05) is 97.3 Å². The Kier molecular flexibility index (Phi) is 33.0. The van der Waals surface area contributed by atoms with Crippen molar-refractivity contribution in [2.24, 2.45) is 0 Å². The lowest BCUT2D eigenvalue weighted by atomic mass is 9.84. The Morgan fingerprint density at radius 1 is 0.359 bits per heavy atom. The van der Waals surface area contributed by atoms with Gasteiger partial charge in [-0.25, -0.2) is 19.2 Å². The van der Waals surface area contributed by atoms with Crippen LogP contribution >= 0.6 is 0 Å². The number of aliphatic carboxylic acids is 3. The highest BCUT2D eigenvalue weighted by Gasteiger charge is 2.53. The molecule has 25 nitrogen and oxygen atoms in total. The Labute approximate surface area is 602 Å². The Bertz CT molecular complexity index is 3260. The zero-order valence-corrected chi connectivity index (χ0v) is 59.7. The molecule has 0 aliphatic carbocycles. The molecule has 3 heterocycles. The molecule has 0 unspecified atom stereocenters. The number of carbonyl (C=O) groups excluding carboxylic acids is 6. The van der Waals surface area contributed by atoms with Gasteiger partial charge in [-0.15, -0.1) is 0 Å². The number of carboxylic acid groups (broad SMARTS) is 3. The van der Waals surface area contributed by atoms with Crippen molar-refractivity contribution >= 4 is 70.6 Å². The number of amides is 3. The van der Waals surface area contributed by atoms with E-state index in [1.807, 2.05) is 146 Å². The largest absolute Gasteiger partial charge is 0.481 e. The van der Waals surface area contributed by atoms with Gasteiger partial charge in [0.05, 0.1) is 34.2 Å². The van der Waals surface area contributed by atoms with Gasteiger partial charge < -0.3 is 63.5 Å². The van der Waals surface area contributed by atoms with E-state index in [-0.39, 0.29) is 55.5 Å². The van der Waals surface area contributed by atoms with Crippen LogP contribution in [-0.2, 0) is 90.8 Å². The van der Waals surface area contributed by atoms with E-state index < -0.39 is 53.0 Å². The van der Waals surface area contributed by atoms with Crippen LogP contribution < -0.4 is 14.7 Å². The molecule has 0 atom stereocenters. The summed E-state index contributed by atoms with van der Waals surface area (Å²) in [4.78, 5) is 120. The van der Waals surface area contributed by atoms with Crippen LogP contribution in [0.1, 0.15) is 68.1 Å². The van der Waals surface area contributed by atoms with Gasteiger partial charge >= 0.3 is 35.8 Å². The zero-order valence-electron chi connectivity index (χ0n) is 59.7. The highest BCUT2D eigenvalue weighted by atomic mass is 16.5. The number of nitrogens with zero attached hydrogens (tertiary/aromatic N) is 6. The number of hydrogen-bond acceptors (Lipinski definition) is 19. The first kappa shape index (κ1) is 82.2. The number of rotatable bonds is 29. The van der Waals surface area contributed by atoms with Gasteiger partial charge in [0.15, 0.2) is 5.60 Å². The second-order valence-electron chi connectivity index (χ2n) is 25.3. The van der Waals surface area contributed by atoms with Crippen LogP contribution in [0.15, 0.2) is 182 Å². The number of hydrogen-bond donors (Lipinski definition) is 4. The van der Waals surface area contributed by atoms with E-state index in [0.717, 1.165) is 38.9 Å². The number of likely N-dealkylation sites (tertiary alicyclic amines) is 3. The lowest BCUT2D eigenvalue weighted by molar-refractivity contribution is -0.170. The van der Waals surface area contributed by atoms with Crippen LogP contribution in [0, 0.1) is 0 Å². The number of benzene rings is 6. The maximum atomic E-state index is 13.0. The minimum Gasteiger partial charge on any atom is -0.481 e. The highest BCUT2D eigenvalue weighted by Crippen LogP contribution is 2.38. The normalized spacial score (nSPS) is 15.4. The topological polar surface area (TPSA) is 309 Å². The summed E-state index contributed by atoms with van der Waals surface area (Å²) in [5, 5.41) is 33.8. The van der Waals surface area contributed by atoms with E-state index in [9.17, 15) is 43.2 Å². The smallest absolute Gasteiger partial charge is 0.336 e. The highest BCUT2D eigenvalue weighted by molar-refractivity contribution is 6.05. The van der Waals surface area contributed by atoms with Crippen molar-refractivity contribution in [3.63, 3.8) is 0 Å². The van der Waals surface area contributed by atoms with E-state index in [4.69, 9.17) is 48.8 Å². The molecule has 3 fully saturated rings. The second-order valence-corrected chi connectivity index (χ2v) is 25.3. The van der Waals surface area contributed by atoms with E-state index in [1.165, 1.54) is 59.3 Å². The molecule has 3 amide bonds. The van der Waals surface area contributed by atoms with E-state index in [2.05, 4.69) is 51.1 Å². The van der Waals surface area contributed by atoms with Crippen molar-refractivity contribution in [1.29, 1.82) is 0 Å². The van der Waals surface area contributed by atoms with Gasteiger partial charge in [0.2, 0.25) is 0 Å². The van der Waals surface area contributed by atoms with Crippen LogP contribution in [0.3, 0.4) is 0 Å². The molecular weight excluding hydrogens is 1320 g/mol. The predicted molar refractivity (Wildman–Crippen MR) is 386 cm³/mol. The Hall–Kier alpha value is -9.73. The quantitative estimate of drug-likeness (QED) is 0.0261. The predicted octanol–water partition coefficient (Wildman–Crippen LogP) is 7.50. The molecule has 25 heteroatoms. The van der Waals surface area contributed by atoms with Gasteiger partial charge in [-0.2, -0.15) is 0 Å². The number of esters is 3. The number of piperidine rings is 3. The van der Waals surface area contributed by atoms with Crippen LogP contribution in [0.2, 0.25) is 0 Å². The fraction of sp³-hybridized carbons (Fsp3) is 0.423. The van der Waals surface area contributed by atoms with Crippen LogP contribution in [0.25, 0.3) is 0 Å². The molecule has 0 bridgehead atoms. The van der Waals surface area contributed by atoms with Crippen LogP contribution in [0.5, 0.6) is 0 Å². The molecule has 4 N–H and O–H groups in total. The molecule has 3 aliphatic heterocycles. The SMILES string of the molecule is COCC(=O)N(c1ccccc1)C1(C(=O)OC)CCN(CCc2ccccc2)CC1.COCC(=O)N(c1ccccc1)C1(C(=O)OC)CCN(CCc2ccccc2)CC1.COCC(=O)N(c1ccccc1)C1(C(=O)OC)CCN(CCc2ccccc2)CC1.O=C(O)CC(O)(CC(=O)O)C(=O)O. The number of ether oxygens (including phenoxy) is 6. The Balaban J connectivity index is 0.000000223. The minimum absolute atomic E-state index is 0.0919. The standard InChI is InChI=1S/3C24H30N2O4.C6H8O7/c3*1-29-19-22(27)26(21-11-7-4-8-12-21)24(23(28)30-2)14-17-25(18-15-24)16-13-20-9-5-3-6-10-20;7-3(8)1-6(13,5(11)12)2-4(9)10/h3*3-12H,13-19H2,1-2H3;13H,1-2H2,(H,7,8)(H,9,10)(H,11,12). The summed E-state index contributed by atoms with van der Waals surface area (Å²) in [5.74, 6) is -6.88. The van der Waals surface area contributed by atoms with Crippen molar-refractivity contribution in [2.75, 3.05) is 136 Å². The molecule has 0 spiro atoms. The molecule has 6 aromatic rings. The summed E-state index contributed by atoms with van der Waals surface area (Å²) in [6.07, 6.45) is 3.65. The molecule has 0 radical (unpaired) electrons. The minimum atomic E-state index is -2.74. The Morgan fingerprint density at radius 3 is 0.757 bits per heavy atom. The molecule has 103 heavy (non-hydrogen) atoms. The number of carbonyl (C=O) groups is 9. The van der Waals surface area contributed by atoms with Crippen molar-refractivity contribution in [2.45, 2.75) is 92.8 Å². The lowest BCUT2D eigenvalue weighted by Crippen LogP contribution is -2.63. The molecule has 3 aliphatic rings. The van der Waals surface area contributed by atoms with E-state index in [0.29, 0.717) is 94.9 Å². The summed E-state index contributed by atoms with van der Waals surface area (Å²) in [5.41, 5.74) is 0.0971. The fourth-order valence-corrected chi connectivity index (χ4v) is 13.3. The van der Waals surface area contributed by atoms with Gasteiger partial charge in [-0.3, -0.25) is 38.7 Å². The van der Waals surface area contributed by atoms with Gasteiger partial charge in [0.25, 0.3) is 17.7 Å². The number of para-hydroxylation sites is 3. The van der Waals surface area contributed by atoms with Crippen LogP contribution in [-0.4, -0.2) is 232 Å². The maximum absolute atomic E-state index is 13.0. The van der Waals surface area contributed by atoms with Gasteiger partial charge in [-0.1, -0.05) is 146 Å². The van der Waals surface area contributed by atoms with Crippen molar-refractivity contribution in [3.05, 3.63) is 199 Å². The first-order chi connectivity index (χ1) is 49.6. The summed E-state index contributed by atoms with van der Waals surface area (Å²) in [6.45, 7) is 6.75. The summed E-state index contributed by atoms with van der Waals surface area (Å²) >= 11 is 0. The van der Waals surface area contributed by atoms with E-state index in [1.54, 1.807) is 14.7 Å². The average molecular weight is 1420 g/mol. The summed E-state index contributed by atoms with van der Waals surface area (Å²) in [7, 11) is 8.61. The molecular formula is C78H98N6O19. The lowest BCUT2D eigenvalue weighted by Gasteiger charge is -2.46. The van der Waals surface area contributed by atoms with Crippen molar-refractivity contribution in [1.82, 2.24) is 14.7 Å². The van der Waals surface area contributed by atoms with Crippen LogP contribution in [0.4, 0.5) is 17.1 Å². The van der Waals surface area contributed by atoms with E-state index >= 15 is 0 Å². The third kappa shape index (κ3) is 23.1. The van der Waals surface area contributed by atoms with Crippen molar-refractivity contribution < 1.29 is 92.0 Å². The third-order valence-electron chi connectivity index (χ3n) is 18.6. The molecule has 0 saturated carbocycles. The number of carboxylic acids is 3. The number of methoxy groups -OCH3 is 6. The van der Waals surface area contributed by atoms with Crippen molar-refractivity contribution in [3.8, 4) is 0 Å². The van der Waals surface area contributed by atoms with Gasteiger partial charge in [0.1, 0.15) is 36.4 Å². The molecule has 6 aromatic carbocycles. The Morgan fingerprint density at radius 2 is 0.573 bits per heavy atom. The number of anilines is 3. The first-order valence-corrected chi connectivity index (χ1v) is 34.1. The third-order valence-corrected chi connectivity index (χ3v) is 18.6. The summed E-state index contributed by atoms with van der Waals surface area (Å²) < 4.78 is 30.9. The molecule has 3 saturated heterocycles. The molecule has 554 valence electrons.